The van der Waals surface area contributed by atoms with Gasteiger partial charge in [-0.3, -0.25) is 9.89 Å². The minimum Gasteiger partial charge on any atom is -0.497 e. The predicted molar refractivity (Wildman–Crippen MR) is 109 cm³/mol. The molecule has 0 spiro atoms. The minimum absolute atomic E-state index is 0.314. The van der Waals surface area contributed by atoms with Gasteiger partial charge in [0, 0.05) is 11.6 Å². The number of nitrogens with zero attached hydrogens (tertiary/aromatic N) is 1. The number of methoxy groups -OCH3 is 2. The molecule has 0 saturated carbocycles. The number of aromatic nitrogens is 2. The van der Waals surface area contributed by atoms with Crippen LogP contribution in [-0.2, 0) is 0 Å². The lowest BCUT2D eigenvalue weighted by Crippen LogP contribution is -2.13. The van der Waals surface area contributed by atoms with Crippen LogP contribution in [0.4, 0.5) is 5.69 Å². The molecule has 0 fully saturated rings. The van der Waals surface area contributed by atoms with Crippen molar-refractivity contribution in [3.63, 3.8) is 0 Å². The summed E-state index contributed by atoms with van der Waals surface area (Å²) < 4.78 is 10.5. The number of amides is 1. The molecule has 6 nitrogen and oxygen atoms in total. The molecule has 1 aromatic heterocycles. The van der Waals surface area contributed by atoms with Crippen LogP contribution in [0.2, 0.25) is 0 Å². The van der Waals surface area contributed by atoms with Gasteiger partial charge in [-0.2, -0.15) is 5.10 Å². The molecular weight excluding hydrogens is 354 g/mol. The molecule has 0 aliphatic heterocycles. The number of fused-ring (bicyclic) bond motifs is 1. The zero-order valence-corrected chi connectivity index (χ0v) is 15.5. The summed E-state index contributed by atoms with van der Waals surface area (Å²) in [5.74, 6) is 0.852. The molecule has 2 N–H and O–H groups in total. The van der Waals surface area contributed by atoms with Crippen molar-refractivity contribution in [1.29, 1.82) is 0 Å². The first-order valence-corrected chi connectivity index (χ1v) is 8.76. The normalized spacial score (nSPS) is 10.6. The van der Waals surface area contributed by atoms with E-state index in [9.17, 15) is 4.79 Å². The van der Waals surface area contributed by atoms with Gasteiger partial charge in [-0.25, -0.2) is 0 Å². The molecule has 0 unspecified atom stereocenters. The summed E-state index contributed by atoms with van der Waals surface area (Å²) in [6.45, 7) is 0. The van der Waals surface area contributed by atoms with Gasteiger partial charge < -0.3 is 14.8 Å². The molecule has 4 rings (SSSR count). The maximum Gasteiger partial charge on any atom is 0.273 e. The Hall–Kier alpha value is -3.80. The maximum atomic E-state index is 12.7. The molecule has 0 aliphatic carbocycles. The van der Waals surface area contributed by atoms with E-state index < -0.39 is 0 Å². The summed E-state index contributed by atoms with van der Waals surface area (Å²) in [7, 11) is 3.12. The van der Waals surface area contributed by atoms with Crippen molar-refractivity contribution in [1.82, 2.24) is 10.2 Å². The molecule has 0 bridgehead atoms. The number of ether oxygens (including phenoxy) is 2. The first-order valence-electron chi connectivity index (χ1n) is 8.76. The first kappa shape index (κ1) is 17.6. The Morgan fingerprint density at radius 3 is 2.61 bits per heavy atom. The van der Waals surface area contributed by atoms with E-state index in [2.05, 4.69) is 15.5 Å². The Bertz CT molecular complexity index is 1150. The summed E-state index contributed by atoms with van der Waals surface area (Å²) in [6, 6.07) is 21.0. The third kappa shape index (κ3) is 3.27. The molecule has 6 heteroatoms. The number of carbonyl (C=O) groups excluding carboxylic acids is 1. The van der Waals surface area contributed by atoms with E-state index in [4.69, 9.17) is 9.47 Å². The molecular formula is C22H19N3O3. The lowest BCUT2D eigenvalue weighted by atomic mass is 10.0. The van der Waals surface area contributed by atoms with Crippen molar-refractivity contribution in [3.05, 3.63) is 72.4 Å². The van der Waals surface area contributed by atoms with E-state index in [-0.39, 0.29) is 5.91 Å². The van der Waals surface area contributed by atoms with Crippen LogP contribution in [0, 0.1) is 0 Å². The second-order valence-corrected chi connectivity index (χ2v) is 6.21. The van der Waals surface area contributed by atoms with E-state index in [1.165, 1.54) is 0 Å². The van der Waals surface area contributed by atoms with Crippen molar-refractivity contribution in [2.24, 2.45) is 0 Å². The standard InChI is InChI=1S/C22H19N3O3/c1-27-15-10-11-21(28-2)19(12-15)23-22(26)20-13-18(24-25-20)17-9-5-7-14-6-3-4-8-16(14)17/h3-13H,1-2H3,(H,23,26)(H,24,25). The van der Waals surface area contributed by atoms with E-state index in [0.29, 0.717) is 28.6 Å². The number of anilines is 1. The zero-order valence-electron chi connectivity index (χ0n) is 15.5. The quantitative estimate of drug-likeness (QED) is 0.540. The molecule has 4 aromatic rings. The van der Waals surface area contributed by atoms with Crippen molar-refractivity contribution >= 4 is 22.4 Å². The molecule has 1 heterocycles. The fourth-order valence-corrected chi connectivity index (χ4v) is 3.13. The first-order chi connectivity index (χ1) is 13.7. The highest BCUT2D eigenvalue weighted by Gasteiger charge is 2.15. The Morgan fingerprint density at radius 1 is 0.964 bits per heavy atom. The SMILES string of the molecule is COc1ccc(OC)c(NC(=O)c2cc(-c3cccc4ccccc34)n[nH]2)c1. The fraction of sp³-hybridized carbons (Fsp3) is 0.0909. The van der Waals surface area contributed by atoms with Gasteiger partial charge in [0.2, 0.25) is 0 Å². The lowest BCUT2D eigenvalue weighted by Gasteiger charge is -2.11. The van der Waals surface area contributed by atoms with Crippen LogP contribution >= 0.6 is 0 Å². The Balaban J connectivity index is 1.64. The number of carbonyl (C=O) groups is 1. The van der Waals surface area contributed by atoms with Gasteiger partial charge in [0.15, 0.2) is 0 Å². The third-order valence-corrected chi connectivity index (χ3v) is 4.54. The van der Waals surface area contributed by atoms with Crippen LogP contribution in [-0.4, -0.2) is 30.3 Å². The monoisotopic (exact) mass is 373 g/mol. The summed E-state index contributed by atoms with van der Waals surface area (Å²) in [5, 5.41) is 12.2. The van der Waals surface area contributed by atoms with Gasteiger partial charge in [-0.1, -0.05) is 42.5 Å². The smallest absolute Gasteiger partial charge is 0.273 e. The number of H-pyrrole nitrogens is 1. The number of benzene rings is 3. The molecule has 0 radical (unpaired) electrons. The van der Waals surface area contributed by atoms with Crippen molar-refractivity contribution in [2.75, 3.05) is 19.5 Å². The number of hydrogen-bond acceptors (Lipinski definition) is 4. The summed E-state index contributed by atoms with van der Waals surface area (Å²) >= 11 is 0. The van der Waals surface area contributed by atoms with E-state index >= 15 is 0 Å². The summed E-state index contributed by atoms with van der Waals surface area (Å²) in [4.78, 5) is 12.7. The van der Waals surface area contributed by atoms with Crippen LogP contribution in [0.3, 0.4) is 0 Å². The molecule has 0 saturated heterocycles. The average Bonchev–Trinajstić information content (AvgIpc) is 3.23. The van der Waals surface area contributed by atoms with E-state index in [1.807, 2.05) is 42.5 Å². The van der Waals surface area contributed by atoms with Crippen molar-refractivity contribution < 1.29 is 14.3 Å². The van der Waals surface area contributed by atoms with Crippen molar-refractivity contribution in [3.8, 4) is 22.8 Å². The number of rotatable bonds is 5. The number of hydrogen-bond donors (Lipinski definition) is 2. The number of aromatic amines is 1. The van der Waals surface area contributed by atoms with Crippen LogP contribution in [0.5, 0.6) is 11.5 Å². The van der Waals surface area contributed by atoms with E-state index in [0.717, 1.165) is 16.3 Å². The molecule has 140 valence electrons. The third-order valence-electron chi connectivity index (χ3n) is 4.54. The topological polar surface area (TPSA) is 76.2 Å². The second kappa shape index (κ2) is 7.44. The van der Waals surface area contributed by atoms with Crippen LogP contribution in [0.25, 0.3) is 22.0 Å². The van der Waals surface area contributed by atoms with Gasteiger partial charge in [0.05, 0.1) is 25.6 Å². The Morgan fingerprint density at radius 2 is 1.79 bits per heavy atom. The molecule has 1 amide bonds. The molecule has 0 atom stereocenters. The summed E-state index contributed by atoms with van der Waals surface area (Å²) in [6.07, 6.45) is 0. The van der Waals surface area contributed by atoms with Crippen LogP contribution in [0.1, 0.15) is 10.5 Å². The van der Waals surface area contributed by atoms with Gasteiger partial charge in [-0.05, 0) is 29.0 Å². The average molecular weight is 373 g/mol. The minimum atomic E-state index is -0.314. The van der Waals surface area contributed by atoms with Crippen molar-refractivity contribution in [2.45, 2.75) is 0 Å². The zero-order chi connectivity index (χ0) is 19.5. The van der Waals surface area contributed by atoms with Gasteiger partial charge in [0.25, 0.3) is 5.91 Å². The van der Waals surface area contributed by atoms with Gasteiger partial charge in [0.1, 0.15) is 17.2 Å². The number of nitrogens with one attached hydrogen (secondary N) is 2. The van der Waals surface area contributed by atoms with Gasteiger partial charge in [-0.15, -0.1) is 0 Å². The van der Waals surface area contributed by atoms with Crippen LogP contribution in [0.15, 0.2) is 66.7 Å². The summed E-state index contributed by atoms with van der Waals surface area (Å²) in [5.41, 5.74) is 2.55. The largest absolute Gasteiger partial charge is 0.497 e. The lowest BCUT2D eigenvalue weighted by molar-refractivity contribution is 0.102. The highest BCUT2D eigenvalue weighted by molar-refractivity contribution is 6.05. The Labute approximate surface area is 162 Å². The Kier molecular flexibility index (Phi) is 4.68. The van der Waals surface area contributed by atoms with Gasteiger partial charge >= 0.3 is 0 Å². The van der Waals surface area contributed by atoms with E-state index in [1.54, 1.807) is 38.5 Å². The van der Waals surface area contributed by atoms with Crippen LogP contribution < -0.4 is 14.8 Å². The second-order valence-electron chi connectivity index (χ2n) is 6.21. The maximum absolute atomic E-state index is 12.7. The molecule has 3 aromatic carbocycles. The predicted octanol–water partition coefficient (Wildman–Crippen LogP) is 4.50. The fourth-order valence-electron chi connectivity index (χ4n) is 3.13. The molecule has 28 heavy (non-hydrogen) atoms. The highest BCUT2D eigenvalue weighted by atomic mass is 16.5. The highest BCUT2D eigenvalue weighted by Crippen LogP contribution is 2.30. The molecule has 0 aliphatic rings.